The molecule has 110 valence electrons. The van der Waals surface area contributed by atoms with E-state index in [-0.39, 0.29) is 6.04 Å². The van der Waals surface area contributed by atoms with Crippen molar-refractivity contribution in [3.05, 3.63) is 101 Å². The molecule has 0 saturated carbocycles. The quantitative estimate of drug-likeness (QED) is 0.688. The molecular formula is C21H17N2+. The van der Waals surface area contributed by atoms with Gasteiger partial charge in [-0.05, 0) is 22.8 Å². The van der Waals surface area contributed by atoms with Crippen LogP contribution in [0.3, 0.4) is 0 Å². The number of rotatable bonds is 2. The van der Waals surface area contributed by atoms with Crippen LogP contribution in [0.5, 0.6) is 0 Å². The Morgan fingerprint density at radius 3 is 2.35 bits per heavy atom. The van der Waals surface area contributed by atoms with Crippen LogP contribution in [0.25, 0.3) is 12.2 Å². The van der Waals surface area contributed by atoms with Crippen molar-refractivity contribution in [3.63, 3.8) is 0 Å². The highest BCUT2D eigenvalue weighted by atomic mass is 15.1. The van der Waals surface area contributed by atoms with Crippen LogP contribution in [0.15, 0.2) is 73.1 Å². The molecule has 23 heavy (non-hydrogen) atoms. The first-order chi connectivity index (χ1) is 11.4. The first kappa shape index (κ1) is 12.7. The smallest absolute Gasteiger partial charge is 0.247 e. The monoisotopic (exact) mass is 297 g/mol. The molecule has 2 nitrogen and oxygen atoms in total. The number of allylic oxidation sites excluding steroid dienone is 2. The number of nitrogens with zero attached hydrogens (tertiary/aromatic N) is 1. The van der Waals surface area contributed by atoms with Crippen LogP contribution in [0.2, 0.25) is 0 Å². The molecule has 2 aliphatic rings. The van der Waals surface area contributed by atoms with E-state index in [1.165, 1.54) is 28.1 Å². The van der Waals surface area contributed by atoms with E-state index < -0.39 is 0 Å². The fourth-order valence-corrected chi connectivity index (χ4v) is 3.81. The van der Waals surface area contributed by atoms with E-state index in [4.69, 9.17) is 0 Å². The van der Waals surface area contributed by atoms with E-state index in [0.717, 1.165) is 0 Å². The number of aromatic nitrogens is 2. The van der Waals surface area contributed by atoms with Crippen molar-refractivity contribution in [1.29, 1.82) is 0 Å². The van der Waals surface area contributed by atoms with Crippen LogP contribution in [-0.4, -0.2) is 4.98 Å². The summed E-state index contributed by atoms with van der Waals surface area (Å²) in [5.74, 6) is 1.53. The predicted octanol–water partition coefficient (Wildman–Crippen LogP) is 4.08. The third kappa shape index (κ3) is 1.85. The number of benzene rings is 2. The summed E-state index contributed by atoms with van der Waals surface area (Å²) in [6, 6.07) is 17.5. The van der Waals surface area contributed by atoms with E-state index >= 15 is 0 Å². The Bertz CT molecular complexity index is 870. The molecule has 3 aromatic rings. The summed E-state index contributed by atoms with van der Waals surface area (Å²) >= 11 is 0. The summed E-state index contributed by atoms with van der Waals surface area (Å²) in [5.41, 5.74) is 5.38. The van der Waals surface area contributed by atoms with Gasteiger partial charge in [0.2, 0.25) is 0 Å². The van der Waals surface area contributed by atoms with Gasteiger partial charge in [-0.2, -0.15) is 0 Å². The number of fused-ring (bicyclic) bond motifs is 2. The van der Waals surface area contributed by atoms with Gasteiger partial charge in [0.15, 0.2) is 0 Å². The van der Waals surface area contributed by atoms with Crippen LogP contribution in [0, 0.1) is 0 Å². The molecule has 0 spiro atoms. The van der Waals surface area contributed by atoms with Gasteiger partial charge >= 0.3 is 0 Å². The third-order valence-electron chi connectivity index (χ3n) is 4.91. The Hall–Kier alpha value is -2.87. The second-order valence-electron chi connectivity index (χ2n) is 6.15. The maximum absolute atomic E-state index is 3.47. The van der Waals surface area contributed by atoms with E-state index in [2.05, 4.69) is 88.6 Å². The molecule has 5 rings (SSSR count). The van der Waals surface area contributed by atoms with Gasteiger partial charge < -0.3 is 0 Å². The lowest BCUT2D eigenvalue weighted by molar-refractivity contribution is -0.709. The minimum absolute atomic E-state index is 0.272. The second kappa shape index (κ2) is 4.82. The van der Waals surface area contributed by atoms with E-state index in [0.29, 0.717) is 5.92 Å². The molecule has 0 aliphatic heterocycles. The van der Waals surface area contributed by atoms with Gasteiger partial charge in [-0.3, -0.25) is 0 Å². The second-order valence-corrected chi connectivity index (χ2v) is 6.15. The zero-order valence-electron chi connectivity index (χ0n) is 12.7. The lowest BCUT2D eigenvalue weighted by Gasteiger charge is -2.13. The van der Waals surface area contributed by atoms with Crippen LogP contribution in [0.4, 0.5) is 0 Å². The molecule has 2 aromatic carbocycles. The Morgan fingerprint density at radius 2 is 1.48 bits per heavy atom. The van der Waals surface area contributed by atoms with Crippen molar-refractivity contribution in [2.45, 2.75) is 12.0 Å². The summed E-state index contributed by atoms with van der Waals surface area (Å²) in [6.07, 6.45) is 13.2. The highest BCUT2D eigenvalue weighted by Gasteiger charge is 2.32. The first-order valence-corrected chi connectivity index (χ1v) is 8.04. The van der Waals surface area contributed by atoms with Crippen molar-refractivity contribution < 1.29 is 4.57 Å². The minimum atomic E-state index is 0.272. The third-order valence-corrected chi connectivity index (χ3v) is 4.91. The molecule has 2 unspecified atom stereocenters. The summed E-state index contributed by atoms with van der Waals surface area (Å²) in [4.78, 5) is 3.47. The Morgan fingerprint density at radius 1 is 0.783 bits per heavy atom. The summed E-state index contributed by atoms with van der Waals surface area (Å²) in [7, 11) is 0. The van der Waals surface area contributed by atoms with Gasteiger partial charge in [0.1, 0.15) is 24.4 Å². The molecule has 1 N–H and O–H groups in total. The van der Waals surface area contributed by atoms with Crippen LogP contribution >= 0.6 is 0 Å². The Labute approximate surface area is 135 Å². The van der Waals surface area contributed by atoms with Crippen molar-refractivity contribution in [2.24, 2.45) is 0 Å². The minimum Gasteiger partial charge on any atom is -0.247 e. The van der Waals surface area contributed by atoms with Crippen molar-refractivity contribution in [3.8, 4) is 0 Å². The van der Waals surface area contributed by atoms with Crippen molar-refractivity contribution >= 4 is 12.2 Å². The van der Waals surface area contributed by atoms with Gasteiger partial charge in [0.25, 0.3) is 5.82 Å². The van der Waals surface area contributed by atoms with Gasteiger partial charge in [0, 0.05) is 5.56 Å². The van der Waals surface area contributed by atoms with Crippen molar-refractivity contribution in [1.82, 2.24) is 4.98 Å². The van der Waals surface area contributed by atoms with Crippen molar-refractivity contribution in [2.75, 3.05) is 0 Å². The van der Waals surface area contributed by atoms with Gasteiger partial charge in [-0.15, -0.1) is 0 Å². The van der Waals surface area contributed by atoms with E-state index in [9.17, 15) is 0 Å². The molecular weight excluding hydrogens is 280 g/mol. The fraction of sp³-hybridized carbons (Fsp3) is 0.0952. The molecule has 0 fully saturated rings. The zero-order chi connectivity index (χ0) is 15.2. The van der Waals surface area contributed by atoms with Crippen LogP contribution < -0.4 is 4.57 Å². The fourth-order valence-electron chi connectivity index (χ4n) is 3.81. The normalized spacial score (nSPS) is 20.7. The number of H-pyrrole nitrogens is 1. The lowest BCUT2D eigenvalue weighted by atomic mass is 9.99. The SMILES string of the molecule is C1=CC(c2[nH]cc[n+]2C2C=Cc3ccccc32)c2ccccc21. The predicted molar refractivity (Wildman–Crippen MR) is 91.9 cm³/mol. The molecule has 1 aromatic heterocycles. The molecule has 2 aliphatic carbocycles. The standard InChI is InChI=1S/C21H16N2/c1-3-7-17-15(5-1)9-11-19(17)21-22-13-14-23(21)20-12-10-16-6-2-4-8-18(16)20/h1-14,19-20H/p+1. The first-order valence-electron chi connectivity index (χ1n) is 8.04. The summed E-state index contributed by atoms with van der Waals surface area (Å²) in [6.45, 7) is 0. The number of imidazole rings is 1. The number of aromatic amines is 1. The van der Waals surface area contributed by atoms with Crippen LogP contribution in [0.1, 0.15) is 40.0 Å². The molecule has 0 amide bonds. The Kier molecular flexibility index (Phi) is 2.65. The molecule has 2 atom stereocenters. The molecule has 0 bridgehead atoms. The summed E-state index contributed by atoms with van der Waals surface area (Å²) < 4.78 is 2.36. The van der Waals surface area contributed by atoms with Crippen LogP contribution in [-0.2, 0) is 0 Å². The largest absolute Gasteiger partial charge is 0.266 e. The highest BCUT2D eigenvalue weighted by Crippen LogP contribution is 2.35. The number of nitrogens with one attached hydrogen (secondary N) is 1. The molecule has 0 radical (unpaired) electrons. The molecule has 0 saturated heterocycles. The lowest BCUT2D eigenvalue weighted by Crippen LogP contribution is -2.41. The average Bonchev–Trinajstić information content (AvgIpc) is 3.31. The molecule has 2 heteroatoms. The summed E-state index contributed by atoms with van der Waals surface area (Å²) in [5, 5.41) is 0. The number of hydrogen-bond acceptors (Lipinski definition) is 0. The van der Waals surface area contributed by atoms with E-state index in [1.54, 1.807) is 0 Å². The van der Waals surface area contributed by atoms with Gasteiger partial charge in [0.05, 0.1) is 0 Å². The Balaban J connectivity index is 1.61. The maximum Gasteiger partial charge on any atom is 0.266 e. The topological polar surface area (TPSA) is 19.7 Å². The van der Waals surface area contributed by atoms with Gasteiger partial charge in [-0.25, -0.2) is 9.55 Å². The molecule has 1 heterocycles. The maximum atomic E-state index is 3.47. The van der Waals surface area contributed by atoms with E-state index in [1.807, 2.05) is 6.20 Å². The highest BCUT2D eigenvalue weighted by molar-refractivity contribution is 5.64. The zero-order valence-corrected chi connectivity index (χ0v) is 12.7. The van der Waals surface area contributed by atoms with Gasteiger partial charge in [-0.1, -0.05) is 66.8 Å². The number of hydrogen-bond donors (Lipinski definition) is 1. The average molecular weight is 297 g/mol.